The molecular weight excluding hydrogens is 208 g/mol. The maximum Gasteiger partial charge on any atom is 0.324 e. The molecule has 0 spiro atoms. The smallest absolute Gasteiger partial charge is 0.324 e. The molecule has 0 radical (unpaired) electrons. The van der Waals surface area contributed by atoms with Crippen molar-refractivity contribution in [2.75, 3.05) is 0 Å². The first-order valence-corrected chi connectivity index (χ1v) is 4.78. The van der Waals surface area contributed by atoms with Gasteiger partial charge in [0.1, 0.15) is 0 Å². The average Bonchev–Trinajstić information content (AvgIpc) is 2.61. The number of aliphatic hydroxyl groups is 3. The summed E-state index contributed by atoms with van der Waals surface area (Å²) in [5.41, 5.74) is 1.28. The van der Waals surface area contributed by atoms with E-state index in [4.69, 9.17) is 15.3 Å². The highest BCUT2D eigenvalue weighted by molar-refractivity contribution is 5.33. The molecule has 0 fully saturated rings. The van der Waals surface area contributed by atoms with Gasteiger partial charge in [-0.1, -0.05) is 18.2 Å². The van der Waals surface area contributed by atoms with Gasteiger partial charge in [-0.05, 0) is 25.1 Å². The number of hydrogen-bond acceptors (Lipinski definition) is 4. The predicted octanol–water partition coefficient (Wildman–Crippen LogP) is 0.268. The molecule has 16 heavy (non-hydrogen) atoms. The molecule has 2 rings (SSSR count). The van der Waals surface area contributed by atoms with Gasteiger partial charge < -0.3 is 15.3 Å². The van der Waals surface area contributed by atoms with E-state index < -0.39 is 5.97 Å². The quantitative estimate of drug-likeness (QED) is 0.635. The van der Waals surface area contributed by atoms with E-state index in [2.05, 4.69) is 5.10 Å². The zero-order valence-electron chi connectivity index (χ0n) is 8.70. The highest BCUT2D eigenvalue weighted by Gasteiger charge is 2.26. The summed E-state index contributed by atoms with van der Waals surface area (Å²) in [5.74, 6) is -2.90. The van der Waals surface area contributed by atoms with Gasteiger partial charge in [0.25, 0.3) is 0 Å². The first-order chi connectivity index (χ1) is 7.48. The molecule has 0 aliphatic heterocycles. The van der Waals surface area contributed by atoms with Gasteiger partial charge in [0, 0.05) is 5.69 Å². The normalized spacial score (nSPS) is 11.8. The lowest BCUT2D eigenvalue weighted by Crippen LogP contribution is -2.24. The van der Waals surface area contributed by atoms with Gasteiger partial charge in [0.05, 0.1) is 5.69 Å². The summed E-state index contributed by atoms with van der Waals surface area (Å²) >= 11 is 0. The minimum Gasteiger partial charge on any atom is -0.338 e. The third kappa shape index (κ3) is 1.96. The maximum atomic E-state index is 9.01. The first-order valence-electron chi connectivity index (χ1n) is 4.78. The monoisotopic (exact) mass is 220 g/mol. The second kappa shape index (κ2) is 3.71. The molecule has 0 aliphatic rings. The van der Waals surface area contributed by atoms with Crippen molar-refractivity contribution in [1.82, 2.24) is 9.78 Å². The third-order valence-corrected chi connectivity index (χ3v) is 2.23. The van der Waals surface area contributed by atoms with Crippen molar-refractivity contribution in [3.05, 3.63) is 47.8 Å². The largest absolute Gasteiger partial charge is 0.338 e. The van der Waals surface area contributed by atoms with Gasteiger partial charge in [0.2, 0.25) is 0 Å². The SMILES string of the molecule is Cc1cc(C(O)(O)O)nn1-c1ccccc1. The van der Waals surface area contributed by atoms with Gasteiger partial charge in [-0.15, -0.1) is 0 Å². The fourth-order valence-corrected chi connectivity index (χ4v) is 1.47. The summed E-state index contributed by atoms with van der Waals surface area (Å²) in [6, 6.07) is 10.6. The molecule has 0 aliphatic carbocycles. The van der Waals surface area contributed by atoms with Crippen molar-refractivity contribution in [3.8, 4) is 5.69 Å². The third-order valence-electron chi connectivity index (χ3n) is 2.23. The number of para-hydroxylation sites is 1. The van der Waals surface area contributed by atoms with Crippen LogP contribution in [0.25, 0.3) is 5.69 Å². The van der Waals surface area contributed by atoms with E-state index in [1.807, 2.05) is 30.3 Å². The maximum absolute atomic E-state index is 9.01. The molecule has 0 amide bonds. The van der Waals surface area contributed by atoms with Crippen molar-refractivity contribution in [1.29, 1.82) is 0 Å². The average molecular weight is 220 g/mol. The van der Waals surface area contributed by atoms with Gasteiger partial charge in [0.15, 0.2) is 5.69 Å². The number of hydrogen-bond donors (Lipinski definition) is 3. The zero-order valence-corrected chi connectivity index (χ0v) is 8.70. The van der Waals surface area contributed by atoms with Crippen molar-refractivity contribution < 1.29 is 15.3 Å². The van der Waals surface area contributed by atoms with Crippen LogP contribution in [0.1, 0.15) is 11.4 Å². The lowest BCUT2D eigenvalue weighted by molar-refractivity contribution is -0.326. The molecule has 5 heteroatoms. The lowest BCUT2D eigenvalue weighted by atomic mass is 10.3. The van der Waals surface area contributed by atoms with Crippen molar-refractivity contribution in [3.63, 3.8) is 0 Å². The number of aryl methyl sites for hydroxylation is 1. The van der Waals surface area contributed by atoms with E-state index >= 15 is 0 Å². The molecule has 0 saturated heterocycles. The Balaban J connectivity index is 2.48. The van der Waals surface area contributed by atoms with Crippen molar-refractivity contribution >= 4 is 0 Å². The molecule has 84 valence electrons. The molecule has 0 unspecified atom stereocenters. The van der Waals surface area contributed by atoms with Gasteiger partial charge in [-0.3, -0.25) is 0 Å². The van der Waals surface area contributed by atoms with E-state index in [1.165, 1.54) is 10.7 Å². The Hall–Kier alpha value is -1.69. The minimum absolute atomic E-state index is 0.200. The van der Waals surface area contributed by atoms with Crippen LogP contribution in [0.15, 0.2) is 36.4 Å². The van der Waals surface area contributed by atoms with E-state index in [-0.39, 0.29) is 5.69 Å². The van der Waals surface area contributed by atoms with E-state index in [9.17, 15) is 0 Å². The lowest BCUT2D eigenvalue weighted by Gasteiger charge is -2.09. The van der Waals surface area contributed by atoms with Crippen LogP contribution in [0, 0.1) is 6.92 Å². The summed E-state index contributed by atoms with van der Waals surface area (Å²) < 4.78 is 1.52. The Morgan fingerprint density at radius 3 is 2.25 bits per heavy atom. The van der Waals surface area contributed by atoms with Crippen LogP contribution in [-0.2, 0) is 5.97 Å². The highest BCUT2D eigenvalue weighted by atomic mass is 16.7. The van der Waals surface area contributed by atoms with E-state index in [0.717, 1.165) is 5.69 Å². The summed E-state index contributed by atoms with van der Waals surface area (Å²) in [4.78, 5) is 0. The highest BCUT2D eigenvalue weighted by Crippen LogP contribution is 2.17. The molecule has 0 bridgehead atoms. The molecule has 2 aromatic rings. The Labute approximate surface area is 92.2 Å². The first kappa shape index (κ1) is 10.8. The van der Waals surface area contributed by atoms with Crippen LogP contribution in [0.4, 0.5) is 0 Å². The van der Waals surface area contributed by atoms with Crippen LogP contribution in [0.2, 0.25) is 0 Å². The number of rotatable bonds is 2. The van der Waals surface area contributed by atoms with Gasteiger partial charge >= 0.3 is 5.97 Å². The number of nitrogens with zero attached hydrogens (tertiary/aromatic N) is 2. The van der Waals surface area contributed by atoms with E-state index in [0.29, 0.717) is 5.69 Å². The summed E-state index contributed by atoms with van der Waals surface area (Å²) in [6.07, 6.45) is 0. The second-order valence-electron chi connectivity index (χ2n) is 3.55. The fourth-order valence-electron chi connectivity index (χ4n) is 1.47. The molecule has 1 aromatic heterocycles. The summed E-state index contributed by atoms with van der Waals surface area (Å²) in [7, 11) is 0. The Bertz CT molecular complexity index is 486. The van der Waals surface area contributed by atoms with Crippen LogP contribution in [-0.4, -0.2) is 25.1 Å². The van der Waals surface area contributed by atoms with E-state index in [1.54, 1.807) is 6.92 Å². The Kier molecular flexibility index (Phi) is 2.51. The molecule has 1 aromatic carbocycles. The van der Waals surface area contributed by atoms with Crippen LogP contribution < -0.4 is 0 Å². The minimum atomic E-state index is -2.90. The standard InChI is InChI=1S/C11H12N2O3/c1-8-7-10(11(14,15)16)12-13(8)9-5-3-2-4-6-9/h2-7,14-16H,1H3. The van der Waals surface area contributed by atoms with Crippen molar-refractivity contribution in [2.45, 2.75) is 12.9 Å². The molecule has 0 atom stereocenters. The number of benzene rings is 1. The molecule has 0 saturated carbocycles. The topological polar surface area (TPSA) is 78.5 Å². The molecular formula is C11H12N2O3. The van der Waals surface area contributed by atoms with Crippen molar-refractivity contribution in [2.24, 2.45) is 0 Å². The Morgan fingerprint density at radius 2 is 1.75 bits per heavy atom. The van der Waals surface area contributed by atoms with Crippen LogP contribution in [0.5, 0.6) is 0 Å². The zero-order chi connectivity index (χ0) is 11.8. The van der Waals surface area contributed by atoms with Gasteiger partial charge in [-0.25, -0.2) is 4.68 Å². The predicted molar refractivity (Wildman–Crippen MR) is 56.6 cm³/mol. The second-order valence-corrected chi connectivity index (χ2v) is 3.55. The molecule has 5 nitrogen and oxygen atoms in total. The Morgan fingerprint density at radius 1 is 1.12 bits per heavy atom. The van der Waals surface area contributed by atoms with Gasteiger partial charge in [-0.2, -0.15) is 5.10 Å². The van der Waals surface area contributed by atoms with Crippen LogP contribution >= 0.6 is 0 Å². The van der Waals surface area contributed by atoms with Crippen LogP contribution in [0.3, 0.4) is 0 Å². The molecule has 1 heterocycles. The number of aromatic nitrogens is 2. The summed E-state index contributed by atoms with van der Waals surface area (Å²) in [6.45, 7) is 1.76. The fraction of sp³-hybridized carbons (Fsp3) is 0.182. The summed E-state index contributed by atoms with van der Waals surface area (Å²) in [5, 5.41) is 30.9. The molecule has 3 N–H and O–H groups in total.